The predicted molar refractivity (Wildman–Crippen MR) is 88.4 cm³/mol. The van der Waals surface area contributed by atoms with Crippen LogP contribution in [0.1, 0.15) is 23.2 Å². The highest BCUT2D eigenvalue weighted by Crippen LogP contribution is 2.25. The van der Waals surface area contributed by atoms with Crippen LogP contribution in [0.5, 0.6) is 5.75 Å². The third-order valence-corrected chi connectivity index (χ3v) is 5.08. The molecule has 22 heavy (non-hydrogen) atoms. The second-order valence-corrected chi connectivity index (χ2v) is 6.50. The zero-order chi connectivity index (χ0) is 15.5. The van der Waals surface area contributed by atoms with Crippen molar-refractivity contribution in [3.8, 4) is 5.75 Å². The molecule has 0 amide bonds. The van der Waals surface area contributed by atoms with E-state index in [1.54, 1.807) is 7.11 Å². The summed E-state index contributed by atoms with van der Waals surface area (Å²) in [6.07, 6.45) is 3.23. The van der Waals surface area contributed by atoms with E-state index in [0.29, 0.717) is 0 Å². The van der Waals surface area contributed by atoms with Crippen LogP contribution in [0.3, 0.4) is 0 Å². The van der Waals surface area contributed by atoms with Gasteiger partial charge in [0.2, 0.25) is 0 Å². The molecule has 122 valence electrons. The first-order chi connectivity index (χ1) is 10.7. The third kappa shape index (κ3) is 3.26. The highest BCUT2D eigenvalue weighted by molar-refractivity contribution is 5.41. The van der Waals surface area contributed by atoms with Gasteiger partial charge >= 0.3 is 0 Å². The molecule has 2 fully saturated rings. The van der Waals surface area contributed by atoms with Gasteiger partial charge in [0.15, 0.2) is 0 Å². The van der Waals surface area contributed by atoms with Crippen molar-refractivity contribution < 1.29 is 4.74 Å². The minimum atomic E-state index is 0.751. The molecule has 2 aliphatic rings. The lowest BCUT2D eigenvalue weighted by Crippen LogP contribution is -2.50. The minimum Gasteiger partial charge on any atom is -0.496 e. The SMILES string of the molecule is COc1c(C)cnc(CN2CCN(C3CCNC3)CC2)c1C. The molecule has 0 spiro atoms. The lowest BCUT2D eigenvalue weighted by molar-refractivity contribution is 0.0971. The quantitative estimate of drug-likeness (QED) is 0.905. The van der Waals surface area contributed by atoms with E-state index in [1.807, 2.05) is 6.20 Å². The van der Waals surface area contributed by atoms with Gasteiger partial charge in [-0.2, -0.15) is 0 Å². The smallest absolute Gasteiger partial charge is 0.128 e. The summed E-state index contributed by atoms with van der Waals surface area (Å²) in [6.45, 7) is 12.1. The number of nitrogens with zero attached hydrogens (tertiary/aromatic N) is 3. The Balaban J connectivity index is 1.58. The Kier molecular flexibility index (Phi) is 4.96. The summed E-state index contributed by atoms with van der Waals surface area (Å²) in [5.74, 6) is 0.987. The average molecular weight is 304 g/mol. The van der Waals surface area contributed by atoms with Crippen molar-refractivity contribution in [2.45, 2.75) is 32.9 Å². The number of hydrogen-bond acceptors (Lipinski definition) is 5. The largest absolute Gasteiger partial charge is 0.496 e. The van der Waals surface area contributed by atoms with Crippen molar-refractivity contribution in [3.05, 3.63) is 23.0 Å². The van der Waals surface area contributed by atoms with E-state index in [0.717, 1.165) is 49.2 Å². The fourth-order valence-corrected chi connectivity index (χ4v) is 3.68. The van der Waals surface area contributed by atoms with E-state index < -0.39 is 0 Å². The molecule has 0 radical (unpaired) electrons. The number of hydrogen-bond donors (Lipinski definition) is 1. The monoisotopic (exact) mass is 304 g/mol. The van der Waals surface area contributed by atoms with Gasteiger partial charge < -0.3 is 10.1 Å². The van der Waals surface area contributed by atoms with Gasteiger partial charge in [0.25, 0.3) is 0 Å². The summed E-state index contributed by atoms with van der Waals surface area (Å²) < 4.78 is 5.52. The molecule has 0 saturated carbocycles. The standard InChI is InChI=1S/C17H28N4O/c1-13-10-19-16(14(2)17(13)22-3)12-20-6-8-21(9-7-20)15-4-5-18-11-15/h10,15,18H,4-9,11-12H2,1-3H3. The molecular weight excluding hydrogens is 276 g/mol. The maximum absolute atomic E-state index is 5.52. The molecule has 5 nitrogen and oxygen atoms in total. The number of piperazine rings is 1. The molecule has 1 atom stereocenters. The molecule has 0 bridgehead atoms. The number of methoxy groups -OCH3 is 1. The Labute approximate surface area is 133 Å². The summed E-state index contributed by atoms with van der Waals surface area (Å²) in [5, 5.41) is 3.47. The van der Waals surface area contributed by atoms with Gasteiger partial charge in [-0.1, -0.05) is 0 Å². The minimum absolute atomic E-state index is 0.751. The molecule has 1 aromatic heterocycles. The second-order valence-electron chi connectivity index (χ2n) is 6.50. The fourth-order valence-electron chi connectivity index (χ4n) is 3.68. The van der Waals surface area contributed by atoms with Crippen LogP contribution in [-0.4, -0.2) is 67.2 Å². The van der Waals surface area contributed by atoms with Crippen LogP contribution in [0, 0.1) is 13.8 Å². The van der Waals surface area contributed by atoms with Crippen LogP contribution < -0.4 is 10.1 Å². The van der Waals surface area contributed by atoms with Crippen LogP contribution >= 0.6 is 0 Å². The molecular formula is C17H28N4O. The molecule has 3 heterocycles. The van der Waals surface area contributed by atoms with Crippen LogP contribution in [0.15, 0.2) is 6.20 Å². The van der Waals surface area contributed by atoms with Crippen molar-refractivity contribution in [1.29, 1.82) is 0 Å². The van der Waals surface area contributed by atoms with Crippen LogP contribution in [0.2, 0.25) is 0 Å². The Morgan fingerprint density at radius 2 is 2.05 bits per heavy atom. The lowest BCUT2D eigenvalue weighted by Gasteiger charge is -2.37. The molecule has 1 aromatic rings. The van der Waals surface area contributed by atoms with E-state index >= 15 is 0 Å². The maximum Gasteiger partial charge on any atom is 0.128 e. The number of nitrogens with one attached hydrogen (secondary N) is 1. The molecule has 0 aromatic carbocycles. The van der Waals surface area contributed by atoms with E-state index in [-0.39, 0.29) is 0 Å². The Morgan fingerprint density at radius 3 is 2.68 bits per heavy atom. The summed E-state index contributed by atoms with van der Waals surface area (Å²) in [7, 11) is 1.74. The first kappa shape index (κ1) is 15.7. The van der Waals surface area contributed by atoms with Gasteiger partial charge in [-0.05, 0) is 26.8 Å². The van der Waals surface area contributed by atoms with Gasteiger partial charge in [-0.25, -0.2) is 0 Å². The van der Waals surface area contributed by atoms with Crippen molar-refractivity contribution in [1.82, 2.24) is 20.1 Å². The van der Waals surface area contributed by atoms with Crippen LogP contribution in [0.25, 0.3) is 0 Å². The Hall–Kier alpha value is -1.17. The number of ether oxygens (including phenoxy) is 1. The molecule has 1 N–H and O–H groups in total. The number of pyridine rings is 1. The average Bonchev–Trinajstić information content (AvgIpc) is 3.06. The second kappa shape index (κ2) is 6.94. The molecule has 1 unspecified atom stereocenters. The first-order valence-corrected chi connectivity index (χ1v) is 8.35. The van der Waals surface area contributed by atoms with Gasteiger partial charge in [0.05, 0.1) is 12.8 Å². The molecule has 0 aliphatic carbocycles. The summed E-state index contributed by atoms with van der Waals surface area (Å²) in [4.78, 5) is 9.79. The van der Waals surface area contributed by atoms with Crippen LogP contribution in [-0.2, 0) is 6.54 Å². The van der Waals surface area contributed by atoms with Gasteiger partial charge in [-0.15, -0.1) is 0 Å². The van der Waals surface area contributed by atoms with Crippen molar-refractivity contribution >= 4 is 0 Å². The molecule has 2 saturated heterocycles. The van der Waals surface area contributed by atoms with Crippen molar-refractivity contribution in [2.75, 3.05) is 46.4 Å². The van der Waals surface area contributed by atoms with Gasteiger partial charge in [0.1, 0.15) is 5.75 Å². The number of rotatable bonds is 4. The number of aryl methyl sites for hydroxylation is 1. The van der Waals surface area contributed by atoms with E-state index in [4.69, 9.17) is 4.74 Å². The fraction of sp³-hybridized carbons (Fsp3) is 0.706. The van der Waals surface area contributed by atoms with Gasteiger partial charge in [0, 0.05) is 62.6 Å². The van der Waals surface area contributed by atoms with E-state index in [2.05, 4.69) is 33.9 Å². The van der Waals surface area contributed by atoms with Crippen molar-refractivity contribution in [2.24, 2.45) is 0 Å². The Morgan fingerprint density at radius 1 is 1.27 bits per heavy atom. The van der Waals surface area contributed by atoms with E-state index in [9.17, 15) is 0 Å². The zero-order valence-electron chi connectivity index (χ0n) is 14.1. The van der Waals surface area contributed by atoms with Crippen molar-refractivity contribution in [3.63, 3.8) is 0 Å². The lowest BCUT2D eigenvalue weighted by atomic mass is 10.1. The van der Waals surface area contributed by atoms with E-state index in [1.165, 1.54) is 31.6 Å². The summed E-state index contributed by atoms with van der Waals surface area (Å²) in [5.41, 5.74) is 3.45. The molecule has 5 heteroatoms. The molecule has 3 rings (SSSR count). The zero-order valence-corrected chi connectivity index (χ0v) is 14.1. The summed E-state index contributed by atoms with van der Waals surface area (Å²) in [6, 6.07) is 0.751. The molecule has 2 aliphatic heterocycles. The van der Waals surface area contributed by atoms with Crippen LogP contribution in [0.4, 0.5) is 0 Å². The normalized spacial score (nSPS) is 23.9. The predicted octanol–water partition coefficient (Wildman–Crippen LogP) is 1.19. The first-order valence-electron chi connectivity index (χ1n) is 8.35. The maximum atomic E-state index is 5.52. The van der Waals surface area contributed by atoms with Gasteiger partial charge in [-0.3, -0.25) is 14.8 Å². The highest BCUT2D eigenvalue weighted by Gasteiger charge is 2.26. The number of aromatic nitrogens is 1. The summed E-state index contributed by atoms with van der Waals surface area (Å²) >= 11 is 0. The third-order valence-electron chi connectivity index (χ3n) is 5.08. The topological polar surface area (TPSA) is 40.6 Å². The highest BCUT2D eigenvalue weighted by atomic mass is 16.5. The Bertz CT molecular complexity index is 506.